The minimum atomic E-state index is 0.00526. The van der Waals surface area contributed by atoms with Crippen molar-refractivity contribution in [3.8, 4) is 10.4 Å². The molecule has 0 saturated carbocycles. The molecule has 0 aliphatic carbocycles. The first kappa shape index (κ1) is 17.0. The van der Waals surface area contributed by atoms with Crippen LogP contribution in [0, 0.1) is 11.8 Å². The average molecular weight is 336 g/mol. The smallest absolute Gasteiger partial charge is 0.261 e. The molecule has 0 atom stereocenters. The fourth-order valence-electron chi connectivity index (χ4n) is 2.58. The fraction of sp³-hybridized carbons (Fsp3) is 0.389. The highest BCUT2D eigenvalue weighted by atomic mass is 35.5. The van der Waals surface area contributed by atoms with Crippen LogP contribution in [0.25, 0.3) is 10.4 Å². The summed E-state index contributed by atoms with van der Waals surface area (Å²) in [6.07, 6.45) is 0. The summed E-state index contributed by atoms with van der Waals surface area (Å²) in [5.74, 6) is 0.832. The zero-order chi connectivity index (χ0) is 16.3. The normalized spacial score (nSPS) is 11.5. The molecule has 0 fully saturated rings. The molecule has 1 amide bonds. The van der Waals surface area contributed by atoms with E-state index in [0.717, 1.165) is 15.3 Å². The lowest BCUT2D eigenvalue weighted by atomic mass is 9.93. The van der Waals surface area contributed by atoms with Crippen LogP contribution < -0.4 is 5.32 Å². The fourth-order valence-corrected chi connectivity index (χ4v) is 3.68. The third-order valence-electron chi connectivity index (χ3n) is 3.67. The molecule has 2 nitrogen and oxygen atoms in total. The first-order chi connectivity index (χ1) is 10.4. The second-order valence-corrected chi connectivity index (χ2v) is 7.68. The Morgan fingerprint density at radius 1 is 1.09 bits per heavy atom. The molecule has 4 heteroatoms. The van der Waals surface area contributed by atoms with Crippen molar-refractivity contribution in [2.75, 3.05) is 0 Å². The minimum absolute atomic E-state index is 0.00526. The first-order valence-electron chi connectivity index (χ1n) is 7.55. The Morgan fingerprint density at radius 3 is 2.36 bits per heavy atom. The Morgan fingerprint density at radius 2 is 1.77 bits per heavy atom. The number of benzene rings is 1. The summed E-state index contributed by atoms with van der Waals surface area (Å²) in [6.45, 7) is 8.54. The van der Waals surface area contributed by atoms with Gasteiger partial charge in [0.1, 0.15) is 0 Å². The summed E-state index contributed by atoms with van der Waals surface area (Å²) >= 11 is 7.53. The Balaban J connectivity index is 2.15. The van der Waals surface area contributed by atoms with E-state index in [2.05, 4.69) is 33.0 Å². The number of nitrogens with one attached hydrogen (secondary N) is 1. The lowest BCUT2D eigenvalue weighted by Gasteiger charge is -2.25. The molecule has 118 valence electrons. The summed E-state index contributed by atoms with van der Waals surface area (Å²) in [6, 6.07) is 11.7. The molecule has 1 aromatic carbocycles. The van der Waals surface area contributed by atoms with Crippen LogP contribution in [-0.4, -0.2) is 11.9 Å². The lowest BCUT2D eigenvalue weighted by molar-refractivity contribution is 0.0914. The van der Waals surface area contributed by atoms with Crippen LogP contribution in [0.15, 0.2) is 36.4 Å². The summed E-state index contributed by atoms with van der Waals surface area (Å²) < 4.78 is 0. The van der Waals surface area contributed by atoms with E-state index in [9.17, 15) is 4.79 Å². The van der Waals surface area contributed by atoms with Crippen LogP contribution in [0.2, 0.25) is 5.02 Å². The predicted octanol–water partition coefficient (Wildman–Crippen LogP) is 5.48. The quantitative estimate of drug-likeness (QED) is 0.770. The highest BCUT2D eigenvalue weighted by Gasteiger charge is 2.21. The highest BCUT2D eigenvalue weighted by Crippen LogP contribution is 2.30. The minimum Gasteiger partial charge on any atom is -0.348 e. The third kappa shape index (κ3) is 4.11. The molecule has 2 rings (SSSR count). The number of hydrogen-bond acceptors (Lipinski definition) is 2. The molecular weight excluding hydrogens is 314 g/mol. The molecule has 2 aromatic rings. The van der Waals surface area contributed by atoms with E-state index in [4.69, 9.17) is 11.6 Å². The van der Waals surface area contributed by atoms with Gasteiger partial charge in [-0.1, -0.05) is 51.4 Å². The van der Waals surface area contributed by atoms with E-state index < -0.39 is 0 Å². The van der Waals surface area contributed by atoms with Gasteiger partial charge < -0.3 is 5.32 Å². The van der Waals surface area contributed by atoms with Crippen molar-refractivity contribution in [3.05, 3.63) is 46.3 Å². The van der Waals surface area contributed by atoms with Crippen molar-refractivity contribution >= 4 is 28.8 Å². The van der Waals surface area contributed by atoms with Crippen molar-refractivity contribution in [2.24, 2.45) is 11.8 Å². The molecule has 0 radical (unpaired) electrons. The number of hydrogen-bond donors (Lipinski definition) is 1. The molecule has 0 saturated heterocycles. The summed E-state index contributed by atoms with van der Waals surface area (Å²) in [5, 5.41) is 3.86. The van der Waals surface area contributed by atoms with Crippen molar-refractivity contribution in [1.29, 1.82) is 0 Å². The van der Waals surface area contributed by atoms with Gasteiger partial charge in [0.25, 0.3) is 5.91 Å². The van der Waals surface area contributed by atoms with Gasteiger partial charge in [-0.3, -0.25) is 4.79 Å². The Bertz CT molecular complexity index is 640. The molecule has 0 unspecified atom stereocenters. The maximum absolute atomic E-state index is 12.4. The summed E-state index contributed by atoms with van der Waals surface area (Å²) in [4.78, 5) is 14.2. The summed E-state index contributed by atoms with van der Waals surface area (Å²) in [7, 11) is 0. The zero-order valence-electron chi connectivity index (χ0n) is 13.4. The molecule has 22 heavy (non-hydrogen) atoms. The van der Waals surface area contributed by atoms with E-state index in [-0.39, 0.29) is 11.9 Å². The number of rotatable bonds is 5. The van der Waals surface area contributed by atoms with E-state index in [0.29, 0.717) is 16.9 Å². The molecule has 0 bridgehead atoms. The molecule has 0 aliphatic heterocycles. The van der Waals surface area contributed by atoms with Crippen LogP contribution in [0.5, 0.6) is 0 Å². The summed E-state index contributed by atoms with van der Waals surface area (Å²) in [5.41, 5.74) is 1.04. The van der Waals surface area contributed by atoms with Gasteiger partial charge >= 0.3 is 0 Å². The number of thiophene rings is 1. The van der Waals surface area contributed by atoms with E-state index in [1.165, 1.54) is 11.3 Å². The highest BCUT2D eigenvalue weighted by molar-refractivity contribution is 7.17. The van der Waals surface area contributed by atoms with E-state index in [1.807, 2.05) is 36.4 Å². The van der Waals surface area contributed by atoms with Crippen LogP contribution in [0.4, 0.5) is 0 Å². The van der Waals surface area contributed by atoms with Crippen LogP contribution in [0.1, 0.15) is 37.4 Å². The zero-order valence-corrected chi connectivity index (χ0v) is 15.0. The Hall–Kier alpha value is -1.32. The number of halogens is 1. The van der Waals surface area contributed by atoms with Crippen molar-refractivity contribution < 1.29 is 4.79 Å². The van der Waals surface area contributed by atoms with Gasteiger partial charge in [0, 0.05) is 15.9 Å². The van der Waals surface area contributed by atoms with Gasteiger partial charge in [-0.15, -0.1) is 11.3 Å². The topological polar surface area (TPSA) is 29.1 Å². The molecule has 1 N–H and O–H groups in total. The standard InChI is InChI=1S/C18H22ClNOS/c1-11(2)17(12(3)4)20-18(21)16-9-8-15(22-16)13-6-5-7-14(19)10-13/h5-12,17H,1-4H3,(H,20,21). The number of carbonyl (C=O) groups excluding carboxylic acids is 1. The second-order valence-electron chi connectivity index (χ2n) is 6.16. The molecule has 1 aromatic heterocycles. The van der Waals surface area contributed by atoms with Crippen LogP contribution in [0.3, 0.4) is 0 Å². The largest absolute Gasteiger partial charge is 0.348 e. The van der Waals surface area contributed by atoms with E-state index >= 15 is 0 Å². The first-order valence-corrected chi connectivity index (χ1v) is 8.74. The number of carbonyl (C=O) groups is 1. The maximum Gasteiger partial charge on any atom is 0.261 e. The Labute approximate surface area is 141 Å². The molecular formula is C18H22ClNOS. The Kier molecular flexibility index (Phi) is 5.65. The molecule has 0 aliphatic rings. The second kappa shape index (κ2) is 7.30. The van der Waals surface area contributed by atoms with Gasteiger partial charge in [0.2, 0.25) is 0 Å². The van der Waals surface area contributed by atoms with Crippen LogP contribution >= 0.6 is 22.9 Å². The van der Waals surface area contributed by atoms with Gasteiger partial charge in [-0.05, 0) is 41.7 Å². The van der Waals surface area contributed by atoms with Gasteiger partial charge in [-0.25, -0.2) is 0 Å². The van der Waals surface area contributed by atoms with E-state index in [1.54, 1.807) is 0 Å². The third-order valence-corrected chi connectivity index (χ3v) is 5.04. The number of amides is 1. The van der Waals surface area contributed by atoms with Crippen molar-refractivity contribution in [1.82, 2.24) is 5.32 Å². The molecule has 0 spiro atoms. The monoisotopic (exact) mass is 335 g/mol. The van der Waals surface area contributed by atoms with Crippen LogP contribution in [-0.2, 0) is 0 Å². The average Bonchev–Trinajstić information content (AvgIpc) is 2.93. The van der Waals surface area contributed by atoms with Crippen molar-refractivity contribution in [2.45, 2.75) is 33.7 Å². The predicted molar refractivity (Wildman–Crippen MR) is 95.7 cm³/mol. The van der Waals surface area contributed by atoms with Gasteiger partial charge in [-0.2, -0.15) is 0 Å². The lowest BCUT2D eigenvalue weighted by Crippen LogP contribution is -2.41. The van der Waals surface area contributed by atoms with Gasteiger partial charge in [0.15, 0.2) is 0 Å². The van der Waals surface area contributed by atoms with Crippen molar-refractivity contribution in [3.63, 3.8) is 0 Å². The van der Waals surface area contributed by atoms with Gasteiger partial charge in [0.05, 0.1) is 4.88 Å². The SMILES string of the molecule is CC(C)C(NC(=O)c1ccc(-c2cccc(Cl)c2)s1)C(C)C. The maximum atomic E-state index is 12.4. The molecule has 1 heterocycles.